The van der Waals surface area contributed by atoms with Crippen molar-refractivity contribution in [3.05, 3.63) is 29.8 Å². The Morgan fingerprint density at radius 3 is 2.48 bits per heavy atom. The van der Waals surface area contributed by atoms with Crippen LogP contribution in [-0.2, 0) is 6.42 Å². The van der Waals surface area contributed by atoms with Crippen LogP contribution in [0.5, 0.6) is 5.75 Å². The van der Waals surface area contributed by atoms with Gasteiger partial charge >= 0.3 is 0 Å². The molecular formula is C23H37NO3. The molecule has 1 saturated carbocycles. The van der Waals surface area contributed by atoms with E-state index in [0.29, 0.717) is 6.04 Å². The first-order chi connectivity index (χ1) is 13.2. The first-order valence-corrected chi connectivity index (χ1v) is 11.0. The van der Waals surface area contributed by atoms with Crippen molar-refractivity contribution < 1.29 is 15.3 Å². The van der Waals surface area contributed by atoms with E-state index in [0.717, 1.165) is 50.1 Å². The van der Waals surface area contributed by atoms with Crippen molar-refractivity contribution in [3.63, 3.8) is 0 Å². The molecule has 4 nitrogen and oxygen atoms in total. The number of rotatable bonds is 9. The highest BCUT2D eigenvalue weighted by atomic mass is 16.3. The Labute approximate surface area is 164 Å². The van der Waals surface area contributed by atoms with Gasteiger partial charge in [0.25, 0.3) is 0 Å². The van der Waals surface area contributed by atoms with Gasteiger partial charge in [-0.3, -0.25) is 4.90 Å². The second-order valence-corrected chi connectivity index (χ2v) is 8.62. The lowest BCUT2D eigenvalue weighted by Crippen LogP contribution is -2.52. The molecule has 3 rings (SSSR count). The third kappa shape index (κ3) is 5.94. The molecule has 4 atom stereocenters. The van der Waals surface area contributed by atoms with Crippen molar-refractivity contribution in [3.8, 4) is 5.75 Å². The van der Waals surface area contributed by atoms with E-state index in [9.17, 15) is 15.3 Å². The summed E-state index contributed by atoms with van der Waals surface area (Å²) in [6.45, 7) is 1.38. The Morgan fingerprint density at radius 1 is 0.963 bits per heavy atom. The lowest BCUT2D eigenvalue weighted by molar-refractivity contribution is 0.000322. The van der Waals surface area contributed by atoms with Gasteiger partial charge in [0.2, 0.25) is 0 Å². The molecular weight excluding hydrogens is 338 g/mol. The second kappa shape index (κ2) is 10.4. The predicted octanol–water partition coefficient (Wildman–Crippen LogP) is 3.87. The van der Waals surface area contributed by atoms with Crippen molar-refractivity contribution in [2.45, 2.75) is 88.8 Å². The number of fused-ring (bicyclic) bond motifs is 1. The van der Waals surface area contributed by atoms with Crippen LogP contribution in [0.1, 0.15) is 69.8 Å². The lowest BCUT2D eigenvalue weighted by atomic mass is 9.77. The number of hydrogen-bond acceptors (Lipinski definition) is 4. The van der Waals surface area contributed by atoms with Gasteiger partial charge in [-0.15, -0.1) is 0 Å². The van der Waals surface area contributed by atoms with E-state index >= 15 is 0 Å². The number of aryl methyl sites for hydroxylation is 1. The van der Waals surface area contributed by atoms with Crippen LogP contribution >= 0.6 is 0 Å². The number of likely N-dealkylation sites (tertiary alicyclic amines) is 1. The van der Waals surface area contributed by atoms with Gasteiger partial charge in [0, 0.05) is 12.1 Å². The van der Waals surface area contributed by atoms with Gasteiger partial charge in [0.05, 0.1) is 12.7 Å². The quantitative estimate of drug-likeness (QED) is 0.613. The summed E-state index contributed by atoms with van der Waals surface area (Å²) in [5.41, 5.74) is 1.15. The lowest BCUT2D eigenvalue weighted by Gasteiger charge is -2.47. The first-order valence-electron chi connectivity index (χ1n) is 11.0. The SMILES string of the molecule is OCC(CCCC(O)CCc1ccc(O)cc1)N1CCCC2CCCCC21. The van der Waals surface area contributed by atoms with Crippen LogP contribution in [0.4, 0.5) is 0 Å². The Kier molecular flexibility index (Phi) is 7.98. The highest BCUT2D eigenvalue weighted by molar-refractivity contribution is 5.25. The smallest absolute Gasteiger partial charge is 0.115 e. The third-order valence-electron chi connectivity index (χ3n) is 6.74. The number of aliphatic hydroxyl groups excluding tert-OH is 2. The fraction of sp³-hybridized carbons (Fsp3) is 0.739. The molecule has 27 heavy (non-hydrogen) atoms. The number of aliphatic hydroxyl groups is 2. The van der Waals surface area contributed by atoms with Gasteiger partial charge in [0.15, 0.2) is 0 Å². The molecule has 1 heterocycles. The van der Waals surface area contributed by atoms with E-state index in [4.69, 9.17) is 0 Å². The van der Waals surface area contributed by atoms with Crippen LogP contribution in [0.15, 0.2) is 24.3 Å². The van der Waals surface area contributed by atoms with E-state index in [1.54, 1.807) is 12.1 Å². The average molecular weight is 376 g/mol. The molecule has 0 aromatic heterocycles. The minimum atomic E-state index is -0.290. The average Bonchev–Trinajstić information content (AvgIpc) is 2.70. The molecule has 0 spiro atoms. The van der Waals surface area contributed by atoms with E-state index in [1.165, 1.54) is 38.5 Å². The number of benzene rings is 1. The van der Waals surface area contributed by atoms with Gasteiger partial charge < -0.3 is 15.3 Å². The van der Waals surface area contributed by atoms with Gasteiger partial charge in [0.1, 0.15) is 5.75 Å². The standard InChI is InChI=1S/C23H37NO3/c25-17-20(24-16-4-6-19-5-1-2-9-23(19)24)7-3-8-21(26)13-10-18-11-14-22(27)15-12-18/h11-12,14-15,19-21,23,25-27H,1-10,13,16-17H2. The number of aromatic hydroxyl groups is 1. The molecule has 0 amide bonds. The van der Waals surface area contributed by atoms with Gasteiger partial charge in [-0.2, -0.15) is 0 Å². The molecule has 152 valence electrons. The monoisotopic (exact) mass is 375 g/mol. The molecule has 1 saturated heterocycles. The molecule has 1 aliphatic heterocycles. The van der Waals surface area contributed by atoms with Crippen LogP contribution in [0, 0.1) is 5.92 Å². The van der Waals surface area contributed by atoms with Crippen LogP contribution in [0.25, 0.3) is 0 Å². The molecule has 3 N–H and O–H groups in total. The molecule has 4 heteroatoms. The Bertz CT molecular complexity index is 545. The molecule has 2 fully saturated rings. The highest BCUT2D eigenvalue weighted by Crippen LogP contribution is 2.36. The van der Waals surface area contributed by atoms with Crippen LogP contribution in [0.3, 0.4) is 0 Å². The minimum Gasteiger partial charge on any atom is -0.508 e. The predicted molar refractivity (Wildman–Crippen MR) is 109 cm³/mol. The number of phenols is 1. The maximum absolute atomic E-state index is 10.3. The van der Waals surface area contributed by atoms with Crippen molar-refractivity contribution in [1.82, 2.24) is 4.90 Å². The van der Waals surface area contributed by atoms with Crippen molar-refractivity contribution in [2.24, 2.45) is 5.92 Å². The summed E-state index contributed by atoms with van der Waals surface area (Å²) < 4.78 is 0. The first kappa shape index (κ1) is 20.6. The summed E-state index contributed by atoms with van der Waals surface area (Å²) in [4.78, 5) is 2.61. The Hall–Kier alpha value is -1.10. The maximum Gasteiger partial charge on any atom is 0.115 e. The summed E-state index contributed by atoms with van der Waals surface area (Å²) in [7, 11) is 0. The van der Waals surface area contributed by atoms with Crippen molar-refractivity contribution >= 4 is 0 Å². The zero-order valence-electron chi connectivity index (χ0n) is 16.6. The summed E-state index contributed by atoms with van der Waals surface area (Å²) in [5.74, 6) is 1.13. The number of piperidine rings is 1. The summed E-state index contributed by atoms with van der Waals surface area (Å²) in [5, 5.41) is 29.6. The fourth-order valence-electron chi connectivity index (χ4n) is 5.21. The number of hydrogen-bond donors (Lipinski definition) is 3. The topological polar surface area (TPSA) is 63.9 Å². The van der Waals surface area contributed by atoms with Crippen LogP contribution < -0.4 is 0 Å². The maximum atomic E-state index is 10.3. The van der Waals surface area contributed by atoms with Crippen molar-refractivity contribution in [1.29, 1.82) is 0 Å². The largest absolute Gasteiger partial charge is 0.508 e. The Morgan fingerprint density at radius 2 is 1.70 bits per heavy atom. The molecule has 0 bridgehead atoms. The normalized spacial score (nSPS) is 25.7. The van der Waals surface area contributed by atoms with Gasteiger partial charge in [-0.1, -0.05) is 25.0 Å². The van der Waals surface area contributed by atoms with Crippen LogP contribution in [-0.4, -0.2) is 51.6 Å². The molecule has 1 aromatic rings. The summed E-state index contributed by atoms with van der Waals surface area (Å²) in [6, 6.07) is 8.18. The minimum absolute atomic E-state index is 0.243. The fourth-order valence-corrected chi connectivity index (χ4v) is 5.21. The van der Waals surface area contributed by atoms with Crippen LogP contribution in [0.2, 0.25) is 0 Å². The molecule has 2 aliphatic rings. The van der Waals surface area contributed by atoms with E-state index in [2.05, 4.69) is 4.90 Å². The highest BCUT2D eigenvalue weighted by Gasteiger charge is 2.36. The molecule has 1 aliphatic carbocycles. The third-order valence-corrected chi connectivity index (χ3v) is 6.74. The molecule has 1 aromatic carbocycles. The molecule has 4 unspecified atom stereocenters. The summed E-state index contributed by atoms with van der Waals surface area (Å²) >= 11 is 0. The van der Waals surface area contributed by atoms with E-state index < -0.39 is 0 Å². The van der Waals surface area contributed by atoms with Gasteiger partial charge in [-0.25, -0.2) is 0 Å². The second-order valence-electron chi connectivity index (χ2n) is 8.62. The number of phenolic OH excluding ortho intramolecular Hbond substituents is 1. The van der Waals surface area contributed by atoms with E-state index in [-0.39, 0.29) is 24.5 Å². The van der Waals surface area contributed by atoms with Gasteiger partial charge in [-0.05, 0) is 87.9 Å². The van der Waals surface area contributed by atoms with Crippen molar-refractivity contribution in [2.75, 3.05) is 13.2 Å². The zero-order chi connectivity index (χ0) is 19.1. The zero-order valence-corrected chi connectivity index (χ0v) is 16.6. The molecule has 0 radical (unpaired) electrons. The summed E-state index contributed by atoms with van der Waals surface area (Å²) in [6.07, 6.45) is 12.1. The van der Waals surface area contributed by atoms with E-state index in [1.807, 2.05) is 12.1 Å². The Balaban J connectivity index is 1.40. The number of nitrogens with zero attached hydrogens (tertiary/aromatic N) is 1.